The number of nitrogens with zero attached hydrogens (tertiary/aromatic N) is 1. The van der Waals surface area contributed by atoms with Crippen molar-refractivity contribution in [3.05, 3.63) is 0 Å². The molecule has 1 fully saturated rings. The molecule has 0 aromatic heterocycles. The molecule has 0 spiro atoms. The number of alkyl halides is 1. The van der Waals surface area contributed by atoms with Crippen LogP contribution in [0, 0.1) is 0 Å². The van der Waals surface area contributed by atoms with Gasteiger partial charge in [0.1, 0.15) is 0 Å². The van der Waals surface area contributed by atoms with Gasteiger partial charge in [0, 0.05) is 19.0 Å². The standard InChI is InChI=1S/C7H16ClN2O2P/c1-2-10(6-4-8)13(11)9-5-3-7-12-13/h2-7H2,1H3,(H,9,11). The van der Waals surface area contributed by atoms with Crippen molar-refractivity contribution >= 4 is 19.6 Å². The summed E-state index contributed by atoms with van der Waals surface area (Å²) in [4.78, 5) is 12.1. The van der Waals surface area contributed by atoms with E-state index >= 15 is 0 Å². The second kappa shape index (κ2) is 5.44. The van der Waals surface area contributed by atoms with Crippen molar-refractivity contribution in [2.75, 3.05) is 32.1 Å². The van der Waals surface area contributed by atoms with Crippen molar-refractivity contribution in [1.29, 1.82) is 0 Å². The van der Waals surface area contributed by atoms with Crippen molar-refractivity contribution in [3.8, 4) is 0 Å². The average molecular weight is 227 g/mol. The topological polar surface area (TPSA) is 47.6 Å². The number of nitrogens with one attached hydrogen (secondary N) is 1. The molecule has 0 aromatic rings. The molecule has 1 aliphatic heterocycles. The van der Waals surface area contributed by atoms with Crippen LogP contribution in [0.5, 0.6) is 0 Å². The predicted molar refractivity (Wildman–Crippen MR) is 53.5 cm³/mol. The molecular weight excluding hydrogens is 211 g/mol. The lowest BCUT2D eigenvalue weighted by atomic mass is 10.5. The summed E-state index contributed by atoms with van der Waals surface area (Å²) in [5, 5.41) is 2.93. The molecule has 13 heavy (non-hydrogen) atoms. The number of hydrogen-bond donors (Lipinski definition) is 1. The normalized spacial score (nSPS) is 29.5. The van der Waals surface area contributed by atoms with Gasteiger partial charge in [-0.1, -0.05) is 0 Å². The first-order valence-corrected chi connectivity index (χ1v) is 6.65. The van der Waals surface area contributed by atoms with Gasteiger partial charge in [-0.2, -0.15) is 5.09 Å². The Kier molecular flexibility index (Phi) is 4.87. The molecule has 0 bridgehead atoms. The summed E-state index contributed by atoms with van der Waals surface area (Å²) in [7, 11) is -2.74. The average Bonchev–Trinajstić information content (AvgIpc) is 2.15. The van der Waals surface area contributed by atoms with E-state index in [1.165, 1.54) is 0 Å². The van der Waals surface area contributed by atoms with E-state index in [1.807, 2.05) is 6.92 Å². The van der Waals surface area contributed by atoms with Gasteiger partial charge in [-0.3, -0.25) is 0 Å². The lowest BCUT2D eigenvalue weighted by molar-refractivity contribution is -0.213. The third kappa shape index (κ3) is 3.01. The molecule has 6 heteroatoms. The van der Waals surface area contributed by atoms with Crippen molar-refractivity contribution in [1.82, 2.24) is 9.76 Å². The van der Waals surface area contributed by atoms with E-state index < -0.39 is 8.02 Å². The molecule has 78 valence electrons. The highest BCUT2D eigenvalue weighted by Crippen LogP contribution is 2.51. The minimum Gasteiger partial charge on any atom is -0.626 e. The van der Waals surface area contributed by atoms with Crippen LogP contribution >= 0.6 is 19.6 Å². The molecule has 1 rings (SSSR count). The predicted octanol–water partition coefficient (Wildman–Crippen LogP) is 0.595. The molecule has 0 aromatic carbocycles. The van der Waals surface area contributed by atoms with Gasteiger partial charge in [0.15, 0.2) is 0 Å². The van der Waals surface area contributed by atoms with E-state index in [2.05, 4.69) is 5.09 Å². The highest BCUT2D eigenvalue weighted by molar-refractivity contribution is 7.59. The van der Waals surface area contributed by atoms with Gasteiger partial charge in [-0.05, 0) is 13.3 Å². The molecule has 1 saturated heterocycles. The molecule has 1 aliphatic rings. The van der Waals surface area contributed by atoms with Gasteiger partial charge >= 0.3 is 0 Å². The largest absolute Gasteiger partial charge is 0.626 e. The maximum atomic E-state index is 12.1. The first-order chi connectivity index (χ1) is 6.23. The summed E-state index contributed by atoms with van der Waals surface area (Å²) in [5.41, 5.74) is 0. The van der Waals surface area contributed by atoms with Crippen LogP contribution in [0.15, 0.2) is 0 Å². The molecule has 1 N–H and O–H groups in total. The van der Waals surface area contributed by atoms with Gasteiger partial charge in [-0.25, -0.2) is 4.52 Å². The molecule has 4 nitrogen and oxygen atoms in total. The van der Waals surface area contributed by atoms with Crippen LogP contribution in [0.4, 0.5) is 0 Å². The smallest absolute Gasteiger partial charge is 0.250 e. The maximum Gasteiger partial charge on any atom is 0.250 e. The third-order valence-electron chi connectivity index (χ3n) is 1.98. The van der Waals surface area contributed by atoms with Gasteiger partial charge in [0.05, 0.1) is 13.2 Å². The fourth-order valence-corrected chi connectivity index (χ4v) is 3.61. The van der Waals surface area contributed by atoms with E-state index in [0.29, 0.717) is 25.6 Å². The zero-order valence-electron chi connectivity index (χ0n) is 7.83. The Morgan fingerprint density at radius 3 is 2.92 bits per heavy atom. The Balaban J connectivity index is 2.52. The van der Waals surface area contributed by atoms with E-state index in [1.54, 1.807) is 4.67 Å². The van der Waals surface area contributed by atoms with E-state index in [0.717, 1.165) is 13.0 Å². The van der Waals surface area contributed by atoms with Gasteiger partial charge < -0.3 is 4.89 Å². The monoisotopic (exact) mass is 226 g/mol. The van der Waals surface area contributed by atoms with Gasteiger partial charge in [0.2, 0.25) is 8.02 Å². The third-order valence-corrected chi connectivity index (χ3v) is 4.53. The molecule has 0 amide bonds. The second-order valence-corrected chi connectivity index (χ2v) is 5.41. The first kappa shape index (κ1) is 11.6. The molecule has 0 aliphatic carbocycles. The Morgan fingerprint density at radius 1 is 1.69 bits per heavy atom. The molecule has 1 heterocycles. The Bertz CT molecular complexity index is 155. The molecule has 0 radical (unpaired) electrons. The second-order valence-electron chi connectivity index (χ2n) is 2.85. The first-order valence-electron chi connectivity index (χ1n) is 4.54. The zero-order valence-corrected chi connectivity index (χ0v) is 9.48. The lowest BCUT2D eigenvalue weighted by Crippen LogP contribution is -2.45. The molecule has 1 atom stereocenters. The molecular formula is C7H16ClN2O2P. The van der Waals surface area contributed by atoms with Crippen molar-refractivity contribution in [2.45, 2.75) is 13.3 Å². The van der Waals surface area contributed by atoms with Crippen LogP contribution in [0.1, 0.15) is 13.3 Å². The minimum absolute atomic E-state index is 0.475. The minimum atomic E-state index is -2.74. The highest BCUT2D eigenvalue weighted by atomic mass is 35.5. The number of hydrogen-bond acceptors (Lipinski definition) is 4. The van der Waals surface area contributed by atoms with Crippen LogP contribution in [-0.4, -0.2) is 36.8 Å². The maximum absolute atomic E-state index is 12.1. The summed E-state index contributed by atoms with van der Waals surface area (Å²) in [6.07, 6.45) is 0.919. The summed E-state index contributed by atoms with van der Waals surface area (Å²) in [6.45, 7) is 4.57. The van der Waals surface area contributed by atoms with Gasteiger partial charge in [0.25, 0.3) is 0 Å². The van der Waals surface area contributed by atoms with Crippen molar-refractivity contribution in [3.63, 3.8) is 0 Å². The summed E-state index contributed by atoms with van der Waals surface area (Å²) in [6, 6.07) is 0. The molecule has 0 saturated carbocycles. The quantitative estimate of drug-likeness (QED) is 0.563. The fraction of sp³-hybridized carbons (Fsp3) is 1.00. The van der Waals surface area contributed by atoms with Crippen LogP contribution in [0.25, 0.3) is 0 Å². The van der Waals surface area contributed by atoms with E-state index in [-0.39, 0.29) is 0 Å². The Labute approximate surface area is 84.8 Å². The SMILES string of the molecule is CCN(CCCl)[P+]1([O-])NCCCO1. The molecule has 1 unspecified atom stereocenters. The van der Waals surface area contributed by atoms with Crippen molar-refractivity contribution in [2.24, 2.45) is 0 Å². The van der Waals surface area contributed by atoms with Crippen LogP contribution in [0.3, 0.4) is 0 Å². The Hall–Kier alpha value is 0.560. The number of halogens is 1. The number of rotatable bonds is 4. The fourth-order valence-electron chi connectivity index (χ4n) is 1.28. The van der Waals surface area contributed by atoms with Crippen molar-refractivity contribution < 1.29 is 9.42 Å². The van der Waals surface area contributed by atoms with Crippen LogP contribution < -0.4 is 9.98 Å². The summed E-state index contributed by atoms with van der Waals surface area (Å²) >= 11 is 5.61. The highest BCUT2D eigenvalue weighted by Gasteiger charge is 2.37. The zero-order chi connectivity index (χ0) is 9.73. The lowest BCUT2D eigenvalue weighted by Gasteiger charge is -2.39. The van der Waals surface area contributed by atoms with E-state index in [4.69, 9.17) is 16.1 Å². The summed E-state index contributed by atoms with van der Waals surface area (Å²) in [5.74, 6) is 0.475. The van der Waals surface area contributed by atoms with E-state index in [9.17, 15) is 4.89 Å². The van der Waals surface area contributed by atoms with Gasteiger partial charge in [-0.15, -0.1) is 16.3 Å². The van der Waals surface area contributed by atoms with Crippen LogP contribution in [-0.2, 0) is 4.52 Å². The summed E-state index contributed by atoms with van der Waals surface area (Å²) < 4.78 is 7.06. The van der Waals surface area contributed by atoms with Crippen LogP contribution in [0.2, 0.25) is 0 Å². The Morgan fingerprint density at radius 2 is 2.46 bits per heavy atom.